The number of methoxy groups -OCH3 is 1. The number of amides is 1. The van der Waals surface area contributed by atoms with Gasteiger partial charge in [0.15, 0.2) is 0 Å². The summed E-state index contributed by atoms with van der Waals surface area (Å²) in [7, 11) is 1.60. The number of carbonyl (C=O) groups is 1. The molecule has 132 valence electrons. The molecule has 3 aromatic rings. The van der Waals surface area contributed by atoms with Crippen LogP contribution in [0.4, 0.5) is 0 Å². The first-order valence-electron chi connectivity index (χ1n) is 8.05. The van der Waals surface area contributed by atoms with Crippen molar-refractivity contribution in [3.63, 3.8) is 0 Å². The van der Waals surface area contributed by atoms with E-state index in [9.17, 15) is 4.79 Å². The molecule has 0 saturated heterocycles. The molecule has 0 aliphatic carbocycles. The van der Waals surface area contributed by atoms with Crippen LogP contribution in [0.15, 0.2) is 48.8 Å². The molecule has 0 radical (unpaired) electrons. The van der Waals surface area contributed by atoms with E-state index in [0.29, 0.717) is 17.9 Å². The van der Waals surface area contributed by atoms with Gasteiger partial charge >= 0.3 is 0 Å². The van der Waals surface area contributed by atoms with Crippen molar-refractivity contribution in [1.29, 1.82) is 10.8 Å². The number of nitrogens with one attached hydrogen (secondary N) is 3. The number of pyridine rings is 1. The summed E-state index contributed by atoms with van der Waals surface area (Å²) < 4.78 is 6.86. The van der Waals surface area contributed by atoms with Crippen molar-refractivity contribution in [2.24, 2.45) is 0 Å². The molecule has 0 unspecified atom stereocenters. The lowest BCUT2D eigenvalue weighted by Crippen LogP contribution is -2.24. The van der Waals surface area contributed by atoms with Crippen LogP contribution in [0.1, 0.15) is 27.5 Å². The van der Waals surface area contributed by atoms with Crippen molar-refractivity contribution in [3.8, 4) is 5.75 Å². The molecule has 1 aromatic carbocycles. The van der Waals surface area contributed by atoms with Gasteiger partial charge in [0.25, 0.3) is 5.91 Å². The minimum absolute atomic E-state index is 0.251. The quantitative estimate of drug-likeness (QED) is 0.571. The van der Waals surface area contributed by atoms with Crippen molar-refractivity contribution < 1.29 is 9.53 Å². The Kier molecular flexibility index (Phi) is 5.07. The largest absolute Gasteiger partial charge is 0.497 e. The second kappa shape index (κ2) is 7.60. The fourth-order valence-corrected chi connectivity index (χ4v) is 2.66. The summed E-state index contributed by atoms with van der Waals surface area (Å²) >= 11 is 0. The maximum absolute atomic E-state index is 12.6. The molecule has 2 heterocycles. The first-order valence-corrected chi connectivity index (χ1v) is 8.05. The molecular formula is C19H19N5O2. The van der Waals surface area contributed by atoms with Crippen LogP contribution in [0.5, 0.6) is 5.75 Å². The Hall–Kier alpha value is -3.48. The van der Waals surface area contributed by atoms with Crippen LogP contribution in [0.2, 0.25) is 0 Å². The van der Waals surface area contributed by atoms with Gasteiger partial charge in [0.1, 0.15) is 17.1 Å². The Morgan fingerprint density at radius 2 is 2.12 bits per heavy atom. The number of rotatable bonds is 7. The predicted molar refractivity (Wildman–Crippen MR) is 99.7 cm³/mol. The van der Waals surface area contributed by atoms with Crippen molar-refractivity contribution in [2.45, 2.75) is 12.5 Å². The lowest BCUT2D eigenvalue weighted by atomic mass is 10.0. The summed E-state index contributed by atoms with van der Waals surface area (Å²) in [6.45, 7) is 0.368. The number of fused-ring (bicyclic) bond motifs is 1. The zero-order chi connectivity index (χ0) is 18.5. The van der Waals surface area contributed by atoms with E-state index in [1.54, 1.807) is 29.8 Å². The van der Waals surface area contributed by atoms with E-state index in [0.717, 1.165) is 16.9 Å². The van der Waals surface area contributed by atoms with Crippen LogP contribution in [-0.2, 0) is 6.54 Å². The highest BCUT2D eigenvalue weighted by Crippen LogP contribution is 2.16. The van der Waals surface area contributed by atoms with E-state index in [2.05, 4.69) is 10.3 Å². The average Bonchev–Trinajstić information content (AvgIpc) is 3.11. The molecule has 3 N–H and O–H groups in total. The monoisotopic (exact) mass is 349 g/mol. The number of aromatic nitrogens is 2. The molecule has 26 heavy (non-hydrogen) atoms. The van der Waals surface area contributed by atoms with E-state index in [4.69, 9.17) is 15.6 Å². The Labute approximate surface area is 150 Å². The van der Waals surface area contributed by atoms with Crippen LogP contribution in [0.3, 0.4) is 0 Å². The number of hydrogen-bond donors (Lipinski definition) is 3. The Morgan fingerprint density at radius 1 is 1.31 bits per heavy atom. The lowest BCUT2D eigenvalue weighted by Gasteiger charge is -2.09. The van der Waals surface area contributed by atoms with Gasteiger partial charge in [-0.3, -0.25) is 9.20 Å². The lowest BCUT2D eigenvalue weighted by molar-refractivity contribution is 0.0945. The molecule has 0 saturated carbocycles. The normalized spacial score (nSPS) is 11.7. The molecule has 0 aliphatic rings. The summed E-state index contributed by atoms with van der Waals surface area (Å²) in [6.07, 6.45) is 5.63. The smallest absolute Gasteiger partial charge is 0.270 e. The third-order valence-corrected chi connectivity index (χ3v) is 4.09. The Bertz CT molecular complexity index is 955. The van der Waals surface area contributed by atoms with Crippen molar-refractivity contribution >= 4 is 24.0 Å². The van der Waals surface area contributed by atoms with Crippen LogP contribution < -0.4 is 10.1 Å². The third-order valence-electron chi connectivity index (χ3n) is 4.09. The standard InChI is InChI=1S/C19H19N5O2/c1-26-16-4-2-3-13(7-16)10-23-19(25)17-11-22-18-6-5-14(12-24(17)18)15(8-20)9-21/h2-9,11-12,15,20-21H,10H2,1H3,(H,23,25). The van der Waals surface area contributed by atoms with Gasteiger partial charge in [-0.2, -0.15) is 0 Å². The molecule has 0 fully saturated rings. The van der Waals surface area contributed by atoms with Crippen molar-refractivity contribution in [2.75, 3.05) is 7.11 Å². The molecule has 7 heteroatoms. The zero-order valence-corrected chi connectivity index (χ0v) is 14.3. The SMILES string of the molecule is COc1cccc(CNC(=O)c2cnc3ccc(C(C=N)C=N)cn23)c1. The number of nitrogens with zero attached hydrogens (tertiary/aromatic N) is 2. The number of benzene rings is 1. The predicted octanol–water partition coefficient (Wildman–Crippen LogP) is 2.66. The topological polar surface area (TPSA) is 103 Å². The molecular weight excluding hydrogens is 330 g/mol. The summed E-state index contributed by atoms with van der Waals surface area (Å²) in [4.78, 5) is 16.8. The fraction of sp³-hybridized carbons (Fsp3) is 0.158. The maximum Gasteiger partial charge on any atom is 0.270 e. The highest BCUT2D eigenvalue weighted by molar-refractivity contribution is 5.93. The second-order valence-electron chi connectivity index (χ2n) is 5.73. The number of imidazole rings is 1. The van der Waals surface area contributed by atoms with Crippen molar-refractivity contribution in [3.05, 3.63) is 65.6 Å². The van der Waals surface area contributed by atoms with Crippen LogP contribution in [-0.4, -0.2) is 34.8 Å². The van der Waals surface area contributed by atoms with Gasteiger partial charge < -0.3 is 20.9 Å². The number of carbonyl (C=O) groups excluding carboxylic acids is 1. The van der Waals surface area contributed by atoms with Crippen LogP contribution in [0.25, 0.3) is 5.65 Å². The minimum Gasteiger partial charge on any atom is -0.497 e. The average molecular weight is 349 g/mol. The highest BCUT2D eigenvalue weighted by Gasteiger charge is 2.14. The van der Waals surface area contributed by atoms with E-state index < -0.39 is 5.92 Å². The fourth-order valence-electron chi connectivity index (χ4n) is 2.66. The van der Waals surface area contributed by atoms with E-state index in [1.807, 2.05) is 24.3 Å². The Balaban J connectivity index is 1.82. The first-order chi connectivity index (χ1) is 12.7. The third kappa shape index (κ3) is 3.46. The van der Waals surface area contributed by atoms with Crippen LogP contribution >= 0.6 is 0 Å². The minimum atomic E-state index is -0.422. The first kappa shape index (κ1) is 17.3. The molecule has 7 nitrogen and oxygen atoms in total. The molecule has 2 aromatic heterocycles. The maximum atomic E-state index is 12.6. The molecule has 3 rings (SSSR count). The van der Waals surface area contributed by atoms with Gasteiger partial charge in [0, 0.05) is 25.2 Å². The van der Waals surface area contributed by atoms with E-state index >= 15 is 0 Å². The summed E-state index contributed by atoms with van der Waals surface area (Å²) in [5, 5.41) is 17.7. The van der Waals surface area contributed by atoms with Gasteiger partial charge in [-0.15, -0.1) is 0 Å². The molecule has 1 amide bonds. The van der Waals surface area contributed by atoms with Gasteiger partial charge in [0.2, 0.25) is 0 Å². The van der Waals surface area contributed by atoms with Gasteiger partial charge in [-0.1, -0.05) is 18.2 Å². The molecule has 0 bridgehead atoms. The van der Waals surface area contributed by atoms with E-state index in [-0.39, 0.29) is 5.91 Å². The van der Waals surface area contributed by atoms with Crippen LogP contribution in [0, 0.1) is 10.8 Å². The summed E-state index contributed by atoms with van der Waals surface area (Å²) in [5.41, 5.74) is 2.72. The number of ether oxygens (including phenoxy) is 1. The van der Waals surface area contributed by atoms with Gasteiger partial charge in [-0.05, 0) is 29.3 Å². The van der Waals surface area contributed by atoms with Crippen molar-refractivity contribution in [1.82, 2.24) is 14.7 Å². The van der Waals surface area contributed by atoms with Gasteiger partial charge in [-0.25, -0.2) is 4.98 Å². The van der Waals surface area contributed by atoms with E-state index in [1.165, 1.54) is 18.6 Å². The van der Waals surface area contributed by atoms with Gasteiger partial charge in [0.05, 0.1) is 19.2 Å². The molecule has 0 aliphatic heterocycles. The second-order valence-corrected chi connectivity index (χ2v) is 5.73. The number of hydrogen-bond acceptors (Lipinski definition) is 5. The zero-order valence-electron chi connectivity index (χ0n) is 14.3. The Morgan fingerprint density at radius 3 is 2.85 bits per heavy atom. The summed E-state index contributed by atoms with van der Waals surface area (Å²) in [5.74, 6) is 0.0637. The highest BCUT2D eigenvalue weighted by atomic mass is 16.5. The molecule has 0 atom stereocenters. The molecule has 0 spiro atoms. The summed E-state index contributed by atoms with van der Waals surface area (Å²) in [6, 6.07) is 11.1.